The van der Waals surface area contributed by atoms with E-state index < -0.39 is 18.8 Å². The highest BCUT2D eigenvalue weighted by atomic mass is 19.4. The van der Waals surface area contributed by atoms with Gasteiger partial charge in [-0.25, -0.2) is 0 Å². The monoisotopic (exact) mass is 213 g/mol. The molecule has 1 fully saturated rings. The Labute approximate surface area is 80.5 Å². The number of alkyl halides is 3. The van der Waals surface area contributed by atoms with Gasteiger partial charge >= 0.3 is 6.18 Å². The fraction of sp³-hybridized carbons (Fsp3) is 1.00. The number of hydrogen-bond donors (Lipinski definition) is 1. The molecule has 1 rings (SSSR count). The summed E-state index contributed by atoms with van der Waals surface area (Å²) in [5.74, 6) is 0. The molecule has 14 heavy (non-hydrogen) atoms. The zero-order valence-electron chi connectivity index (χ0n) is 7.76. The molecule has 0 bridgehead atoms. The molecular weight excluding hydrogens is 199 g/mol. The SMILES string of the molecule is OCCC(N1CCOCC1)C(F)(F)F. The van der Waals surface area contributed by atoms with Gasteiger partial charge in [0.25, 0.3) is 0 Å². The van der Waals surface area contributed by atoms with Gasteiger partial charge in [-0.1, -0.05) is 0 Å². The third-order valence-electron chi connectivity index (χ3n) is 2.27. The van der Waals surface area contributed by atoms with Gasteiger partial charge in [0.15, 0.2) is 0 Å². The van der Waals surface area contributed by atoms with Gasteiger partial charge in [-0.05, 0) is 6.42 Å². The number of halogens is 3. The molecule has 1 atom stereocenters. The Hall–Kier alpha value is -0.330. The summed E-state index contributed by atoms with van der Waals surface area (Å²) in [7, 11) is 0. The minimum Gasteiger partial charge on any atom is -0.396 e. The van der Waals surface area contributed by atoms with Crippen LogP contribution in [0.1, 0.15) is 6.42 Å². The van der Waals surface area contributed by atoms with Crippen molar-refractivity contribution < 1.29 is 23.0 Å². The normalized spacial score (nSPS) is 22.3. The van der Waals surface area contributed by atoms with Gasteiger partial charge in [0, 0.05) is 19.7 Å². The van der Waals surface area contributed by atoms with E-state index in [-0.39, 0.29) is 19.5 Å². The highest BCUT2D eigenvalue weighted by Gasteiger charge is 2.43. The van der Waals surface area contributed by atoms with E-state index in [1.165, 1.54) is 4.90 Å². The molecule has 0 amide bonds. The van der Waals surface area contributed by atoms with Crippen molar-refractivity contribution in [3.05, 3.63) is 0 Å². The molecule has 0 saturated carbocycles. The van der Waals surface area contributed by atoms with Crippen molar-refractivity contribution in [2.24, 2.45) is 0 Å². The Kier molecular flexibility index (Phi) is 4.15. The first-order valence-electron chi connectivity index (χ1n) is 4.55. The third-order valence-corrected chi connectivity index (χ3v) is 2.27. The fourth-order valence-corrected chi connectivity index (χ4v) is 1.56. The Morgan fingerprint density at radius 1 is 1.29 bits per heavy atom. The zero-order chi connectivity index (χ0) is 10.6. The van der Waals surface area contributed by atoms with Crippen LogP contribution in [0.4, 0.5) is 13.2 Å². The number of aliphatic hydroxyl groups is 1. The average molecular weight is 213 g/mol. The predicted octanol–water partition coefficient (Wildman–Crippen LogP) is 0.632. The van der Waals surface area contributed by atoms with Crippen LogP contribution < -0.4 is 0 Å². The molecule has 0 aromatic carbocycles. The van der Waals surface area contributed by atoms with Gasteiger partial charge in [-0.2, -0.15) is 13.2 Å². The highest BCUT2D eigenvalue weighted by molar-refractivity contribution is 4.80. The van der Waals surface area contributed by atoms with Gasteiger partial charge < -0.3 is 9.84 Å². The first kappa shape index (κ1) is 11.7. The summed E-state index contributed by atoms with van der Waals surface area (Å²) in [6.07, 6.45) is -4.52. The van der Waals surface area contributed by atoms with Gasteiger partial charge in [-0.15, -0.1) is 0 Å². The molecule has 6 heteroatoms. The van der Waals surface area contributed by atoms with Crippen LogP contribution >= 0.6 is 0 Å². The molecule has 84 valence electrons. The number of morpholine rings is 1. The Morgan fingerprint density at radius 3 is 2.29 bits per heavy atom. The van der Waals surface area contributed by atoms with Gasteiger partial charge in [-0.3, -0.25) is 4.90 Å². The van der Waals surface area contributed by atoms with Crippen molar-refractivity contribution in [2.75, 3.05) is 32.9 Å². The van der Waals surface area contributed by atoms with Crippen LogP contribution in [0.5, 0.6) is 0 Å². The Balaban J connectivity index is 2.56. The van der Waals surface area contributed by atoms with Crippen molar-refractivity contribution in [2.45, 2.75) is 18.6 Å². The maximum atomic E-state index is 12.5. The largest absolute Gasteiger partial charge is 0.404 e. The number of hydrogen-bond acceptors (Lipinski definition) is 3. The molecule has 0 aromatic heterocycles. The number of aliphatic hydroxyl groups excluding tert-OH is 1. The molecule has 0 spiro atoms. The first-order valence-corrected chi connectivity index (χ1v) is 4.55. The fourth-order valence-electron chi connectivity index (χ4n) is 1.56. The van der Waals surface area contributed by atoms with E-state index in [1.807, 2.05) is 0 Å². The van der Waals surface area contributed by atoms with Crippen LogP contribution in [0.3, 0.4) is 0 Å². The minimum atomic E-state index is -4.26. The summed E-state index contributed by atoms with van der Waals surface area (Å²) < 4.78 is 42.5. The van der Waals surface area contributed by atoms with Crippen LogP contribution in [0.15, 0.2) is 0 Å². The molecule has 1 unspecified atom stereocenters. The second-order valence-corrected chi connectivity index (χ2v) is 3.22. The molecule has 0 aromatic rings. The lowest BCUT2D eigenvalue weighted by molar-refractivity contribution is -0.195. The summed E-state index contributed by atoms with van der Waals surface area (Å²) in [6, 6.07) is -1.53. The van der Waals surface area contributed by atoms with Gasteiger partial charge in [0.1, 0.15) is 6.04 Å². The van der Waals surface area contributed by atoms with E-state index in [9.17, 15) is 13.2 Å². The molecule has 0 aliphatic carbocycles. The maximum absolute atomic E-state index is 12.5. The average Bonchev–Trinajstić information content (AvgIpc) is 2.14. The molecule has 1 aliphatic heterocycles. The standard InChI is InChI=1S/C8H14F3NO2/c9-8(10,11)7(1-4-13)12-2-5-14-6-3-12/h7,13H,1-6H2. The van der Waals surface area contributed by atoms with E-state index in [2.05, 4.69) is 0 Å². The summed E-state index contributed by atoms with van der Waals surface area (Å²) in [5, 5.41) is 8.57. The van der Waals surface area contributed by atoms with Crippen LogP contribution in [-0.4, -0.2) is 55.1 Å². The van der Waals surface area contributed by atoms with E-state index in [1.54, 1.807) is 0 Å². The number of ether oxygens (including phenoxy) is 1. The van der Waals surface area contributed by atoms with Crippen LogP contribution in [-0.2, 0) is 4.74 Å². The highest BCUT2D eigenvalue weighted by Crippen LogP contribution is 2.27. The predicted molar refractivity (Wildman–Crippen MR) is 43.9 cm³/mol. The van der Waals surface area contributed by atoms with Crippen LogP contribution in [0.2, 0.25) is 0 Å². The summed E-state index contributed by atoms with van der Waals surface area (Å²) in [5.41, 5.74) is 0. The quantitative estimate of drug-likeness (QED) is 0.746. The molecule has 0 radical (unpaired) electrons. The number of nitrogens with zero attached hydrogens (tertiary/aromatic N) is 1. The van der Waals surface area contributed by atoms with Crippen molar-refractivity contribution in [3.63, 3.8) is 0 Å². The molecule has 1 saturated heterocycles. The lowest BCUT2D eigenvalue weighted by Gasteiger charge is -2.35. The van der Waals surface area contributed by atoms with Gasteiger partial charge in [0.2, 0.25) is 0 Å². The smallest absolute Gasteiger partial charge is 0.396 e. The zero-order valence-corrected chi connectivity index (χ0v) is 7.76. The molecule has 1 N–H and O–H groups in total. The number of rotatable bonds is 3. The topological polar surface area (TPSA) is 32.7 Å². The molecule has 1 heterocycles. The van der Waals surface area contributed by atoms with Crippen LogP contribution in [0, 0.1) is 0 Å². The second-order valence-electron chi connectivity index (χ2n) is 3.22. The summed E-state index contributed by atoms with van der Waals surface area (Å²) in [6.45, 7) is 0.784. The Bertz CT molecular complexity index is 168. The van der Waals surface area contributed by atoms with E-state index in [0.29, 0.717) is 13.2 Å². The van der Waals surface area contributed by atoms with E-state index in [4.69, 9.17) is 9.84 Å². The lowest BCUT2D eigenvalue weighted by Crippen LogP contribution is -2.50. The van der Waals surface area contributed by atoms with Crippen molar-refractivity contribution in [3.8, 4) is 0 Å². The second kappa shape index (κ2) is 4.95. The van der Waals surface area contributed by atoms with Crippen molar-refractivity contribution in [1.29, 1.82) is 0 Å². The maximum Gasteiger partial charge on any atom is 0.404 e. The lowest BCUT2D eigenvalue weighted by atomic mass is 10.1. The van der Waals surface area contributed by atoms with Crippen molar-refractivity contribution in [1.82, 2.24) is 4.90 Å². The first-order chi connectivity index (χ1) is 6.55. The summed E-state index contributed by atoms with van der Waals surface area (Å²) >= 11 is 0. The van der Waals surface area contributed by atoms with Crippen LogP contribution in [0.25, 0.3) is 0 Å². The van der Waals surface area contributed by atoms with Crippen molar-refractivity contribution >= 4 is 0 Å². The third kappa shape index (κ3) is 3.11. The minimum absolute atomic E-state index is 0.260. The molecule has 1 aliphatic rings. The molecule has 3 nitrogen and oxygen atoms in total. The Morgan fingerprint density at radius 2 is 1.86 bits per heavy atom. The van der Waals surface area contributed by atoms with E-state index >= 15 is 0 Å². The van der Waals surface area contributed by atoms with Gasteiger partial charge in [0.05, 0.1) is 13.2 Å². The van der Waals surface area contributed by atoms with E-state index in [0.717, 1.165) is 0 Å². The molecular formula is C8H14F3NO2. The summed E-state index contributed by atoms with van der Waals surface area (Å²) in [4.78, 5) is 1.32.